The molecule has 5 nitrogen and oxygen atoms in total. The van der Waals surface area contributed by atoms with Gasteiger partial charge in [0.15, 0.2) is 0 Å². The second kappa shape index (κ2) is 5.77. The summed E-state index contributed by atoms with van der Waals surface area (Å²) in [5, 5.41) is 4.04. The van der Waals surface area contributed by atoms with E-state index in [-0.39, 0.29) is 18.7 Å². The number of halogens is 2. The first-order valence-electron chi connectivity index (χ1n) is 7.62. The van der Waals surface area contributed by atoms with Crippen LogP contribution in [-0.2, 0) is 14.4 Å². The molecule has 1 atom stereocenters. The van der Waals surface area contributed by atoms with Crippen LogP contribution in [0, 0.1) is 5.82 Å². The van der Waals surface area contributed by atoms with Crippen molar-refractivity contribution in [1.82, 2.24) is 0 Å². The fourth-order valence-corrected chi connectivity index (χ4v) is 3.32. The molecule has 1 fully saturated rings. The number of carbonyl (C=O) groups excluding carboxylic acids is 2. The third-order valence-corrected chi connectivity index (χ3v) is 4.85. The molecule has 2 aromatic rings. The van der Waals surface area contributed by atoms with Crippen molar-refractivity contribution in [3.05, 3.63) is 64.4 Å². The zero-order valence-corrected chi connectivity index (χ0v) is 14.5. The zero-order valence-electron chi connectivity index (χ0n) is 12.9. The van der Waals surface area contributed by atoms with Gasteiger partial charge in [-0.25, -0.2) is 9.29 Å². The molecule has 0 bridgehead atoms. The van der Waals surface area contributed by atoms with Crippen LogP contribution in [0.2, 0.25) is 0 Å². The molecule has 1 spiro atoms. The molecule has 1 unspecified atom stereocenters. The third-order valence-electron chi connectivity index (χ3n) is 4.32. The topological polar surface area (TPSA) is 59.0 Å². The van der Waals surface area contributed by atoms with Gasteiger partial charge in [0, 0.05) is 10.9 Å². The van der Waals surface area contributed by atoms with Gasteiger partial charge in [0.2, 0.25) is 11.5 Å². The summed E-state index contributed by atoms with van der Waals surface area (Å²) in [6.07, 6.45) is 0.129. The number of anilines is 1. The molecule has 2 amide bonds. The summed E-state index contributed by atoms with van der Waals surface area (Å²) in [6, 6.07) is 12.7. The van der Waals surface area contributed by atoms with Gasteiger partial charge >= 0.3 is 0 Å². The number of nitrogens with zero attached hydrogens (tertiary/aromatic N) is 2. The van der Waals surface area contributed by atoms with E-state index in [1.54, 1.807) is 0 Å². The second-order valence-corrected chi connectivity index (χ2v) is 6.91. The molecule has 0 aliphatic carbocycles. The summed E-state index contributed by atoms with van der Waals surface area (Å²) in [7, 11) is 0. The lowest BCUT2D eigenvalue weighted by Gasteiger charge is -2.19. The highest BCUT2D eigenvalue weighted by atomic mass is 79.9. The minimum atomic E-state index is -1.31. The highest BCUT2D eigenvalue weighted by Gasteiger charge is 2.58. The lowest BCUT2D eigenvalue weighted by Crippen LogP contribution is -2.40. The predicted molar refractivity (Wildman–Crippen MR) is 92.6 cm³/mol. The number of hydrogen-bond acceptors (Lipinski definition) is 4. The van der Waals surface area contributed by atoms with Crippen molar-refractivity contribution in [2.24, 2.45) is 5.16 Å². The molecule has 25 heavy (non-hydrogen) atoms. The zero-order chi connectivity index (χ0) is 17.6. The first-order valence-corrected chi connectivity index (χ1v) is 8.42. The van der Waals surface area contributed by atoms with E-state index < -0.39 is 17.3 Å². The van der Waals surface area contributed by atoms with Crippen LogP contribution >= 0.6 is 15.9 Å². The van der Waals surface area contributed by atoms with Gasteiger partial charge in [0.1, 0.15) is 5.82 Å². The van der Waals surface area contributed by atoms with Crippen LogP contribution in [0.15, 0.2) is 58.2 Å². The Bertz CT molecular complexity index is 896. The fourth-order valence-electron chi connectivity index (χ4n) is 3.05. The van der Waals surface area contributed by atoms with Crippen molar-refractivity contribution in [3.8, 4) is 0 Å². The standard InChI is InChI=1S/C18H12BrFN2O3/c19-12-3-1-11(2-4-12)15-9-18(25-21-15)10-16(23)22(17(18)24)14-7-5-13(20)6-8-14/h1-8H,9-10H2. The van der Waals surface area contributed by atoms with E-state index in [4.69, 9.17) is 4.84 Å². The number of hydrogen-bond donors (Lipinski definition) is 0. The predicted octanol–water partition coefficient (Wildman–Crippen LogP) is 3.41. The number of amides is 2. The summed E-state index contributed by atoms with van der Waals surface area (Å²) in [5.41, 5.74) is 0.470. The monoisotopic (exact) mass is 402 g/mol. The molecule has 0 N–H and O–H groups in total. The van der Waals surface area contributed by atoms with E-state index in [9.17, 15) is 14.0 Å². The maximum Gasteiger partial charge on any atom is 0.281 e. The molecule has 7 heteroatoms. The van der Waals surface area contributed by atoms with Crippen LogP contribution < -0.4 is 4.90 Å². The van der Waals surface area contributed by atoms with Crippen LogP contribution in [-0.4, -0.2) is 23.1 Å². The second-order valence-electron chi connectivity index (χ2n) is 5.99. The molecule has 126 valence electrons. The quantitative estimate of drug-likeness (QED) is 0.723. The van der Waals surface area contributed by atoms with Crippen LogP contribution in [0.25, 0.3) is 0 Å². The Kier molecular flexibility index (Phi) is 3.68. The highest BCUT2D eigenvalue weighted by molar-refractivity contribution is 9.10. The molecular weight excluding hydrogens is 391 g/mol. The lowest BCUT2D eigenvalue weighted by atomic mass is 9.93. The third kappa shape index (κ3) is 2.64. The van der Waals surface area contributed by atoms with Gasteiger partial charge in [0.05, 0.1) is 17.8 Å². The van der Waals surface area contributed by atoms with Gasteiger partial charge < -0.3 is 4.84 Å². The Hall–Kier alpha value is -2.54. The SMILES string of the molecule is O=C1CC2(CC(c3ccc(Br)cc3)=NO2)C(=O)N1c1ccc(F)cc1. The molecule has 0 aromatic heterocycles. The first kappa shape index (κ1) is 16.0. The van der Waals surface area contributed by atoms with Crippen LogP contribution in [0.4, 0.5) is 10.1 Å². The Balaban J connectivity index is 1.60. The van der Waals surface area contributed by atoms with Crippen molar-refractivity contribution < 1.29 is 18.8 Å². The Labute approximate surface area is 151 Å². The molecule has 1 saturated heterocycles. The minimum absolute atomic E-state index is 0.0905. The molecule has 2 aromatic carbocycles. The number of rotatable bonds is 2. The molecule has 0 radical (unpaired) electrons. The number of oxime groups is 1. The molecule has 2 aliphatic heterocycles. The molecular formula is C18H12BrFN2O3. The normalized spacial score (nSPS) is 22.5. The minimum Gasteiger partial charge on any atom is -0.378 e. The van der Waals surface area contributed by atoms with Crippen molar-refractivity contribution in [3.63, 3.8) is 0 Å². The van der Waals surface area contributed by atoms with E-state index >= 15 is 0 Å². The fraction of sp³-hybridized carbons (Fsp3) is 0.167. The van der Waals surface area contributed by atoms with E-state index in [2.05, 4.69) is 21.1 Å². The van der Waals surface area contributed by atoms with Gasteiger partial charge in [-0.15, -0.1) is 0 Å². The maximum atomic E-state index is 13.1. The summed E-state index contributed by atoms with van der Waals surface area (Å²) in [5.74, 6) is -1.29. The average Bonchev–Trinajstić information content (AvgIpc) is 3.12. The van der Waals surface area contributed by atoms with E-state index in [0.717, 1.165) is 14.9 Å². The Morgan fingerprint density at radius 3 is 2.40 bits per heavy atom. The lowest BCUT2D eigenvalue weighted by molar-refractivity contribution is -0.136. The average molecular weight is 403 g/mol. The largest absolute Gasteiger partial charge is 0.378 e. The van der Waals surface area contributed by atoms with Gasteiger partial charge in [-0.05, 0) is 42.0 Å². The Morgan fingerprint density at radius 1 is 1.04 bits per heavy atom. The number of benzene rings is 2. The van der Waals surface area contributed by atoms with E-state index in [1.165, 1.54) is 24.3 Å². The molecule has 2 aliphatic rings. The van der Waals surface area contributed by atoms with Gasteiger partial charge in [-0.3, -0.25) is 9.59 Å². The van der Waals surface area contributed by atoms with Crippen molar-refractivity contribution in [1.29, 1.82) is 0 Å². The maximum absolute atomic E-state index is 13.1. The molecule has 0 saturated carbocycles. The van der Waals surface area contributed by atoms with Crippen LogP contribution in [0.5, 0.6) is 0 Å². The summed E-state index contributed by atoms with van der Waals surface area (Å²) in [4.78, 5) is 31.7. The number of imide groups is 1. The molecule has 4 rings (SSSR count). The summed E-state index contributed by atoms with van der Waals surface area (Å²) < 4.78 is 14.0. The summed E-state index contributed by atoms with van der Waals surface area (Å²) >= 11 is 3.37. The van der Waals surface area contributed by atoms with Crippen LogP contribution in [0.1, 0.15) is 18.4 Å². The Morgan fingerprint density at radius 2 is 1.72 bits per heavy atom. The number of carbonyl (C=O) groups is 2. The van der Waals surface area contributed by atoms with Crippen LogP contribution in [0.3, 0.4) is 0 Å². The summed E-state index contributed by atoms with van der Waals surface area (Å²) in [6.45, 7) is 0. The van der Waals surface area contributed by atoms with Gasteiger partial charge in [-0.1, -0.05) is 33.2 Å². The van der Waals surface area contributed by atoms with Crippen molar-refractivity contribution in [2.75, 3.05) is 4.90 Å². The highest BCUT2D eigenvalue weighted by Crippen LogP contribution is 2.39. The molecule has 2 heterocycles. The van der Waals surface area contributed by atoms with Gasteiger partial charge in [-0.2, -0.15) is 0 Å². The first-order chi connectivity index (χ1) is 12.0. The van der Waals surface area contributed by atoms with E-state index in [1.807, 2.05) is 24.3 Å². The van der Waals surface area contributed by atoms with Crippen molar-refractivity contribution >= 4 is 39.1 Å². The van der Waals surface area contributed by atoms with Gasteiger partial charge in [0.25, 0.3) is 5.91 Å². The van der Waals surface area contributed by atoms with Crippen molar-refractivity contribution in [2.45, 2.75) is 18.4 Å². The van der Waals surface area contributed by atoms with E-state index in [0.29, 0.717) is 11.4 Å². The smallest absolute Gasteiger partial charge is 0.281 e.